The van der Waals surface area contributed by atoms with Crippen molar-refractivity contribution < 1.29 is 14.3 Å². The third kappa shape index (κ3) is 4.10. The van der Waals surface area contributed by atoms with Gasteiger partial charge in [-0.1, -0.05) is 0 Å². The molecule has 2 saturated heterocycles. The van der Waals surface area contributed by atoms with Crippen molar-refractivity contribution in [2.45, 2.75) is 19.4 Å². The Labute approximate surface area is 191 Å². The van der Waals surface area contributed by atoms with Gasteiger partial charge in [-0.25, -0.2) is 9.97 Å². The number of pyridine rings is 1. The molecule has 5 rings (SSSR count). The maximum Gasteiger partial charge on any atom is 0.237 e. The first-order valence-electron chi connectivity index (χ1n) is 10.9. The topological polar surface area (TPSA) is 88.6 Å². The summed E-state index contributed by atoms with van der Waals surface area (Å²) in [5, 5.41) is 6.26. The van der Waals surface area contributed by atoms with Crippen LogP contribution < -0.4 is 25.0 Å². The van der Waals surface area contributed by atoms with Crippen LogP contribution in [0.1, 0.15) is 13.3 Å². The average molecular weight is 454 g/mol. The van der Waals surface area contributed by atoms with Gasteiger partial charge in [0.2, 0.25) is 11.8 Å². The lowest BCUT2D eigenvalue weighted by atomic mass is 10.0. The molecule has 2 aliphatic rings. The van der Waals surface area contributed by atoms with Gasteiger partial charge in [0.1, 0.15) is 11.9 Å². The summed E-state index contributed by atoms with van der Waals surface area (Å²) in [5.41, 5.74) is 5.45. The first-order valence-corrected chi connectivity index (χ1v) is 11.8. The van der Waals surface area contributed by atoms with E-state index in [1.165, 1.54) is 0 Å². The molecule has 0 saturated carbocycles. The van der Waals surface area contributed by atoms with E-state index in [1.807, 2.05) is 30.6 Å². The molecule has 168 valence electrons. The maximum absolute atomic E-state index is 11.6. The van der Waals surface area contributed by atoms with Crippen LogP contribution in [0, 0.1) is 5.92 Å². The van der Waals surface area contributed by atoms with Crippen molar-refractivity contribution in [2.75, 3.05) is 44.7 Å². The molecule has 0 aliphatic carbocycles. The predicted molar refractivity (Wildman–Crippen MR) is 126 cm³/mol. The number of hydrogen-bond donors (Lipinski definition) is 2. The van der Waals surface area contributed by atoms with Crippen LogP contribution in [0.3, 0.4) is 0 Å². The summed E-state index contributed by atoms with van der Waals surface area (Å²) in [6, 6.07) is 8.17. The standard InChI is InChI=1S/C23H27N5O3S/c1-14(16-11-21(29)25-12-16)31-20-10-15(9-18-22(20)32-13-26-18)17-3-4-19(23(27-17)30-2)28-7-5-24-6-8-28/h3-4,9-10,13-14,16,24H,5-8,11-12H2,1-2H3,(H,25,29)/t14-,16?/m1/s1. The number of nitrogens with one attached hydrogen (secondary N) is 2. The second-order valence-electron chi connectivity index (χ2n) is 8.23. The average Bonchev–Trinajstić information content (AvgIpc) is 3.48. The van der Waals surface area contributed by atoms with Gasteiger partial charge < -0.3 is 25.0 Å². The Morgan fingerprint density at radius 3 is 2.84 bits per heavy atom. The van der Waals surface area contributed by atoms with Crippen LogP contribution in [0.2, 0.25) is 0 Å². The number of hydrogen-bond acceptors (Lipinski definition) is 8. The van der Waals surface area contributed by atoms with Gasteiger partial charge in [-0.2, -0.15) is 0 Å². The van der Waals surface area contributed by atoms with Gasteiger partial charge in [0.05, 0.1) is 34.2 Å². The number of piperazine rings is 1. The molecule has 0 spiro atoms. The van der Waals surface area contributed by atoms with E-state index in [1.54, 1.807) is 18.4 Å². The Kier molecular flexibility index (Phi) is 5.84. The van der Waals surface area contributed by atoms with Crippen LogP contribution >= 0.6 is 11.3 Å². The number of anilines is 1. The van der Waals surface area contributed by atoms with Crippen molar-refractivity contribution in [1.82, 2.24) is 20.6 Å². The fourth-order valence-corrected chi connectivity index (χ4v) is 5.05. The smallest absolute Gasteiger partial charge is 0.237 e. The van der Waals surface area contributed by atoms with Gasteiger partial charge in [-0.15, -0.1) is 11.3 Å². The quantitative estimate of drug-likeness (QED) is 0.593. The van der Waals surface area contributed by atoms with Gasteiger partial charge in [0.25, 0.3) is 0 Å². The second-order valence-corrected chi connectivity index (χ2v) is 9.08. The number of methoxy groups -OCH3 is 1. The molecule has 0 radical (unpaired) electrons. The third-order valence-electron chi connectivity index (χ3n) is 6.17. The van der Waals surface area contributed by atoms with Crippen molar-refractivity contribution in [3.8, 4) is 22.9 Å². The Bertz CT molecular complexity index is 1130. The summed E-state index contributed by atoms with van der Waals surface area (Å²) >= 11 is 1.56. The highest BCUT2D eigenvalue weighted by Crippen LogP contribution is 2.37. The Morgan fingerprint density at radius 1 is 1.25 bits per heavy atom. The molecule has 2 aliphatic heterocycles. The second kappa shape index (κ2) is 8.91. The summed E-state index contributed by atoms with van der Waals surface area (Å²) in [4.78, 5) is 23.2. The summed E-state index contributed by atoms with van der Waals surface area (Å²) in [7, 11) is 1.66. The molecule has 32 heavy (non-hydrogen) atoms. The summed E-state index contributed by atoms with van der Waals surface area (Å²) in [6.45, 7) is 6.43. The zero-order chi connectivity index (χ0) is 22.1. The number of rotatable bonds is 6. The Morgan fingerprint density at radius 2 is 2.09 bits per heavy atom. The molecule has 1 amide bonds. The van der Waals surface area contributed by atoms with E-state index in [-0.39, 0.29) is 17.9 Å². The van der Waals surface area contributed by atoms with Gasteiger partial charge in [0.15, 0.2) is 0 Å². The van der Waals surface area contributed by atoms with Crippen LogP contribution in [-0.2, 0) is 4.79 Å². The molecule has 8 nitrogen and oxygen atoms in total. The molecule has 2 aromatic heterocycles. The summed E-state index contributed by atoms with van der Waals surface area (Å²) in [6.07, 6.45) is 0.408. The minimum atomic E-state index is -0.0907. The summed E-state index contributed by atoms with van der Waals surface area (Å²) < 4.78 is 13.0. The molecule has 2 atom stereocenters. The number of fused-ring (bicyclic) bond motifs is 1. The molecule has 3 aromatic rings. The monoisotopic (exact) mass is 453 g/mol. The lowest BCUT2D eigenvalue weighted by molar-refractivity contribution is -0.119. The number of ether oxygens (including phenoxy) is 2. The number of thiazole rings is 1. The van der Waals surface area contributed by atoms with Crippen molar-refractivity contribution in [3.63, 3.8) is 0 Å². The number of benzene rings is 1. The van der Waals surface area contributed by atoms with E-state index in [0.29, 0.717) is 18.8 Å². The van der Waals surface area contributed by atoms with Gasteiger partial charge in [0, 0.05) is 50.6 Å². The van der Waals surface area contributed by atoms with E-state index in [0.717, 1.165) is 59.1 Å². The van der Waals surface area contributed by atoms with Gasteiger partial charge in [-0.3, -0.25) is 4.79 Å². The summed E-state index contributed by atoms with van der Waals surface area (Å²) in [5.74, 6) is 1.64. The molecule has 1 aromatic carbocycles. The molecule has 2 N–H and O–H groups in total. The largest absolute Gasteiger partial charge is 0.489 e. The van der Waals surface area contributed by atoms with Crippen molar-refractivity contribution >= 4 is 33.1 Å². The zero-order valence-corrected chi connectivity index (χ0v) is 19.1. The van der Waals surface area contributed by atoms with Gasteiger partial charge >= 0.3 is 0 Å². The first kappa shape index (κ1) is 21.0. The highest BCUT2D eigenvalue weighted by atomic mass is 32.1. The zero-order valence-electron chi connectivity index (χ0n) is 18.3. The lowest BCUT2D eigenvalue weighted by Crippen LogP contribution is -2.43. The lowest BCUT2D eigenvalue weighted by Gasteiger charge is -2.30. The highest BCUT2D eigenvalue weighted by molar-refractivity contribution is 7.17. The molecule has 0 bridgehead atoms. The Hall–Kier alpha value is -2.91. The van der Waals surface area contributed by atoms with Crippen LogP contribution in [0.15, 0.2) is 29.8 Å². The number of carbonyl (C=O) groups excluding carboxylic acids is 1. The predicted octanol–water partition coefficient (Wildman–Crippen LogP) is 2.68. The number of carbonyl (C=O) groups is 1. The van der Waals surface area contributed by atoms with E-state index in [9.17, 15) is 4.79 Å². The fourth-order valence-electron chi connectivity index (χ4n) is 4.32. The molecular weight excluding hydrogens is 426 g/mol. The Balaban J connectivity index is 1.47. The normalized spacial score (nSPS) is 19.8. The number of amides is 1. The van der Waals surface area contributed by atoms with E-state index in [4.69, 9.17) is 14.5 Å². The van der Waals surface area contributed by atoms with Gasteiger partial charge in [-0.05, 0) is 31.2 Å². The molecule has 4 heterocycles. The maximum atomic E-state index is 11.6. The minimum Gasteiger partial charge on any atom is -0.489 e. The third-order valence-corrected chi connectivity index (χ3v) is 7.03. The van der Waals surface area contributed by atoms with E-state index < -0.39 is 0 Å². The van der Waals surface area contributed by atoms with Crippen LogP contribution in [-0.4, -0.2) is 61.8 Å². The van der Waals surface area contributed by atoms with Crippen LogP contribution in [0.5, 0.6) is 11.6 Å². The van der Waals surface area contributed by atoms with E-state index >= 15 is 0 Å². The minimum absolute atomic E-state index is 0.0861. The van der Waals surface area contributed by atoms with E-state index in [2.05, 4.69) is 26.6 Å². The fraction of sp³-hybridized carbons (Fsp3) is 0.435. The van der Waals surface area contributed by atoms with Crippen molar-refractivity contribution in [1.29, 1.82) is 0 Å². The number of aromatic nitrogens is 2. The molecule has 1 unspecified atom stereocenters. The number of nitrogens with zero attached hydrogens (tertiary/aromatic N) is 3. The highest BCUT2D eigenvalue weighted by Gasteiger charge is 2.28. The van der Waals surface area contributed by atoms with Crippen LogP contribution in [0.25, 0.3) is 21.5 Å². The van der Waals surface area contributed by atoms with Crippen molar-refractivity contribution in [3.05, 3.63) is 29.8 Å². The molecule has 9 heteroatoms. The molecule has 2 fully saturated rings. The van der Waals surface area contributed by atoms with Crippen LogP contribution in [0.4, 0.5) is 5.69 Å². The first-order chi connectivity index (χ1) is 15.6. The van der Waals surface area contributed by atoms with Crippen molar-refractivity contribution in [2.24, 2.45) is 5.92 Å². The molecular formula is C23H27N5O3S. The SMILES string of the molecule is COc1nc(-c2cc(O[C@H](C)C3CNC(=O)C3)c3scnc3c2)ccc1N1CCNCC1.